The minimum atomic E-state index is 0. The van der Waals surface area contributed by atoms with Crippen LogP contribution >= 0.6 is 24.8 Å². The number of ether oxygens (including phenoxy) is 1. The fourth-order valence-electron chi connectivity index (χ4n) is 2.77. The molecule has 3 rings (SSSR count). The van der Waals surface area contributed by atoms with Gasteiger partial charge in [0.15, 0.2) is 0 Å². The van der Waals surface area contributed by atoms with E-state index in [4.69, 9.17) is 4.74 Å². The van der Waals surface area contributed by atoms with Crippen LogP contribution in [0.15, 0.2) is 18.3 Å². The monoisotopic (exact) mass is 362 g/mol. The Kier molecular flexibility index (Phi) is 8.62. The molecule has 2 aliphatic rings. The number of anilines is 2. The Hall–Kier alpha value is -1.08. The van der Waals surface area contributed by atoms with E-state index in [0.29, 0.717) is 0 Å². The molecule has 23 heavy (non-hydrogen) atoms. The van der Waals surface area contributed by atoms with Crippen LogP contribution in [0.3, 0.4) is 0 Å². The Bertz CT molecular complexity index is 475. The number of hydrogen-bond donors (Lipinski definition) is 2. The third-order valence-corrected chi connectivity index (χ3v) is 4.06. The van der Waals surface area contributed by atoms with Crippen LogP contribution in [0.25, 0.3) is 0 Å². The summed E-state index contributed by atoms with van der Waals surface area (Å²) in [6, 6.07) is 3.89. The van der Waals surface area contributed by atoms with Crippen molar-refractivity contribution in [2.45, 2.75) is 12.8 Å². The van der Waals surface area contributed by atoms with Gasteiger partial charge in [-0.25, -0.2) is 4.98 Å². The molecule has 2 fully saturated rings. The van der Waals surface area contributed by atoms with Gasteiger partial charge in [-0.1, -0.05) is 0 Å². The number of aromatic nitrogens is 1. The summed E-state index contributed by atoms with van der Waals surface area (Å²) in [5.41, 5.74) is 0.774. The van der Waals surface area contributed by atoms with Crippen LogP contribution < -0.4 is 15.5 Å². The van der Waals surface area contributed by atoms with E-state index in [1.165, 1.54) is 0 Å². The molecule has 6 nitrogen and oxygen atoms in total. The third kappa shape index (κ3) is 5.49. The second kappa shape index (κ2) is 9.93. The molecule has 8 heteroatoms. The second-order valence-corrected chi connectivity index (χ2v) is 5.52. The Morgan fingerprint density at radius 2 is 1.91 bits per heavy atom. The van der Waals surface area contributed by atoms with E-state index in [2.05, 4.69) is 20.5 Å². The molecule has 1 aromatic heterocycles. The van der Waals surface area contributed by atoms with Crippen LogP contribution in [0.2, 0.25) is 0 Å². The van der Waals surface area contributed by atoms with E-state index < -0.39 is 0 Å². The van der Waals surface area contributed by atoms with Gasteiger partial charge in [0.2, 0.25) is 5.91 Å². The molecule has 1 aromatic rings. The lowest BCUT2D eigenvalue weighted by Crippen LogP contribution is -2.36. The Morgan fingerprint density at radius 3 is 2.52 bits per heavy atom. The number of halogens is 2. The van der Waals surface area contributed by atoms with Crippen molar-refractivity contribution < 1.29 is 9.53 Å². The number of piperidine rings is 1. The van der Waals surface area contributed by atoms with Crippen LogP contribution in [0.4, 0.5) is 11.5 Å². The molecule has 3 heterocycles. The SMILES string of the molecule is Cl.Cl.O=C(Nc1ccc(N2CCOCC2)nc1)C1CCNCC1. The molecule has 0 spiro atoms. The number of amides is 1. The van der Waals surface area contributed by atoms with Gasteiger partial charge in [0, 0.05) is 19.0 Å². The van der Waals surface area contributed by atoms with Crippen molar-refractivity contribution in [3.63, 3.8) is 0 Å². The smallest absolute Gasteiger partial charge is 0.227 e. The van der Waals surface area contributed by atoms with E-state index in [-0.39, 0.29) is 36.6 Å². The maximum Gasteiger partial charge on any atom is 0.227 e. The van der Waals surface area contributed by atoms with Crippen molar-refractivity contribution in [2.24, 2.45) is 5.92 Å². The summed E-state index contributed by atoms with van der Waals surface area (Å²) in [7, 11) is 0. The van der Waals surface area contributed by atoms with Crippen molar-refractivity contribution in [1.82, 2.24) is 10.3 Å². The molecule has 0 unspecified atom stereocenters. The largest absolute Gasteiger partial charge is 0.378 e. The van der Waals surface area contributed by atoms with Crippen LogP contribution in [0, 0.1) is 5.92 Å². The molecule has 0 bridgehead atoms. The quantitative estimate of drug-likeness (QED) is 0.856. The highest BCUT2D eigenvalue weighted by Crippen LogP contribution is 2.18. The summed E-state index contributed by atoms with van der Waals surface area (Å²) in [4.78, 5) is 18.8. The normalized spacial score (nSPS) is 18.5. The van der Waals surface area contributed by atoms with Crippen LogP contribution in [0.1, 0.15) is 12.8 Å². The average Bonchev–Trinajstić information content (AvgIpc) is 2.57. The lowest BCUT2D eigenvalue weighted by atomic mass is 9.97. The van der Waals surface area contributed by atoms with Gasteiger partial charge in [0.05, 0.1) is 25.1 Å². The lowest BCUT2D eigenvalue weighted by Gasteiger charge is -2.27. The van der Waals surface area contributed by atoms with Crippen LogP contribution in [-0.4, -0.2) is 50.3 Å². The first-order valence-corrected chi connectivity index (χ1v) is 7.63. The van der Waals surface area contributed by atoms with Gasteiger partial charge in [0.25, 0.3) is 0 Å². The molecular weight excluding hydrogens is 339 g/mol. The van der Waals surface area contributed by atoms with Crippen molar-refractivity contribution in [1.29, 1.82) is 0 Å². The zero-order valence-electron chi connectivity index (χ0n) is 13.0. The predicted molar refractivity (Wildman–Crippen MR) is 96.0 cm³/mol. The topological polar surface area (TPSA) is 66.5 Å². The summed E-state index contributed by atoms with van der Waals surface area (Å²) in [5, 5.41) is 6.24. The van der Waals surface area contributed by atoms with Gasteiger partial charge in [-0.15, -0.1) is 24.8 Å². The third-order valence-electron chi connectivity index (χ3n) is 4.06. The lowest BCUT2D eigenvalue weighted by molar-refractivity contribution is -0.120. The number of pyridine rings is 1. The number of hydrogen-bond acceptors (Lipinski definition) is 5. The number of rotatable bonds is 3. The van der Waals surface area contributed by atoms with E-state index in [9.17, 15) is 4.79 Å². The first kappa shape index (κ1) is 20.0. The Balaban J connectivity index is 0.00000132. The highest BCUT2D eigenvalue weighted by Gasteiger charge is 2.21. The van der Waals surface area contributed by atoms with Gasteiger partial charge in [-0.2, -0.15) is 0 Å². The van der Waals surface area contributed by atoms with Gasteiger partial charge in [-0.05, 0) is 38.1 Å². The molecule has 130 valence electrons. The van der Waals surface area contributed by atoms with Crippen LogP contribution in [-0.2, 0) is 9.53 Å². The molecule has 1 amide bonds. The summed E-state index contributed by atoms with van der Waals surface area (Å²) in [6.45, 7) is 5.08. The standard InChI is InChI=1S/C15H22N4O2.2ClH/c20-15(12-3-5-16-6-4-12)18-13-1-2-14(17-11-13)19-7-9-21-10-8-19;;/h1-2,11-12,16H,3-10H2,(H,18,20);2*1H. The molecule has 0 aliphatic carbocycles. The first-order chi connectivity index (χ1) is 10.3. The number of carbonyl (C=O) groups excluding carboxylic acids is 1. The van der Waals surface area contributed by atoms with E-state index in [1.807, 2.05) is 12.1 Å². The minimum absolute atomic E-state index is 0. The molecule has 2 saturated heterocycles. The van der Waals surface area contributed by atoms with Gasteiger partial charge >= 0.3 is 0 Å². The molecule has 2 N–H and O–H groups in total. The number of carbonyl (C=O) groups is 1. The maximum atomic E-state index is 12.2. The molecule has 0 saturated carbocycles. The minimum Gasteiger partial charge on any atom is -0.378 e. The van der Waals surface area contributed by atoms with Crippen molar-refractivity contribution in [3.05, 3.63) is 18.3 Å². The van der Waals surface area contributed by atoms with E-state index >= 15 is 0 Å². The predicted octanol–water partition coefficient (Wildman–Crippen LogP) is 1.70. The van der Waals surface area contributed by atoms with Crippen molar-refractivity contribution in [3.8, 4) is 0 Å². The van der Waals surface area contributed by atoms with Crippen molar-refractivity contribution in [2.75, 3.05) is 49.6 Å². The molecule has 2 aliphatic heterocycles. The number of nitrogens with one attached hydrogen (secondary N) is 2. The molecular formula is C15H24Cl2N4O2. The first-order valence-electron chi connectivity index (χ1n) is 7.63. The summed E-state index contributed by atoms with van der Waals surface area (Å²) >= 11 is 0. The van der Waals surface area contributed by atoms with Gasteiger partial charge in [-0.3, -0.25) is 4.79 Å². The fourth-order valence-corrected chi connectivity index (χ4v) is 2.77. The van der Waals surface area contributed by atoms with Gasteiger partial charge < -0.3 is 20.3 Å². The molecule has 0 aromatic carbocycles. The Morgan fingerprint density at radius 1 is 1.22 bits per heavy atom. The highest BCUT2D eigenvalue weighted by atomic mass is 35.5. The van der Waals surface area contributed by atoms with Gasteiger partial charge in [0.1, 0.15) is 5.82 Å². The number of nitrogens with zero attached hydrogens (tertiary/aromatic N) is 2. The summed E-state index contributed by atoms with van der Waals surface area (Å²) in [6.07, 6.45) is 3.56. The van der Waals surface area contributed by atoms with Crippen molar-refractivity contribution >= 4 is 42.2 Å². The average molecular weight is 363 g/mol. The zero-order valence-corrected chi connectivity index (χ0v) is 14.6. The summed E-state index contributed by atoms with van der Waals surface area (Å²) < 4.78 is 5.33. The van der Waals surface area contributed by atoms with E-state index in [0.717, 1.165) is 63.7 Å². The van der Waals surface area contributed by atoms with Crippen LogP contribution in [0.5, 0.6) is 0 Å². The maximum absolute atomic E-state index is 12.2. The number of morpholine rings is 1. The fraction of sp³-hybridized carbons (Fsp3) is 0.600. The molecule has 0 atom stereocenters. The molecule has 0 radical (unpaired) electrons. The second-order valence-electron chi connectivity index (χ2n) is 5.52. The Labute approximate surface area is 149 Å². The summed E-state index contributed by atoms with van der Waals surface area (Å²) in [5.74, 6) is 1.17. The highest BCUT2D eigenvalue weighted by molar-refractivity contribution is 5.92. The van der Waals surface area contributed by atoms with E-state index in [1.54, 1.807) is 6.20 Å². The zero-order chi connectivity index (χ0) is 14.5.